The van der Waals surface area contributed by atoms with Crippen molar-refractivity contribution >= 4 is 28.5 Å². The first-order valence-corrected chi connectivity index (χ1v) is 6.27. The van der Waals surface area contributed by atoms with Crippen LogP contribution in [0.4, 0.5) is 5.82 Å². The number of H-pyrrole nitrogens is 1. The molecule has 2 aromatic rings. The van der Waals surface area contributed by atoms with Crippen molar-refractivity contribution in [2.45, 2.75) is 25.3 Å². The average molecular weight is 268 g/mol. The summed E-state index contributed by atoms with van der Waals surface area (Å²) in [5.41, 5.74) is 0.619. The molecule has 3 rings (SSSR count). The van der Waals surface area contributed by atoms with Gasteiger partial charge in [-0.15, -0.1) is 0 Å². The highest BCUT2D eigenvalue weighted by Gasteiger charge is 2.28. The van der Waals surface area contributed by atoms with Crippen LogP contribution in [-0.4, -0.2) is 38.9 Å². The van der Waals surface area contributed by atoms with E-state index in [0.29, 0.717) is 5.65 Å². The fourth-order valence-corrected chi connectivity index (χ4v) is 2.30. The van der Waals surface area contributed by atoms with Crippen molar-refractivity contribution in [3.63, 3.8) is 0 Å². The molecule has 0 saturated carbocycles. The highest BCUT2D eigenvalue weighted by atomic mass is 35.5. The van der Waals surface area contributed by atoms with E-state index in [-0.39, 0.29) is 10.8 Å². The van der Waals surface area contributed by atoms with E-state index in [1.165, 1.54) is 0 Å². The summed E-state index contributed by atoms with van der Waals surface area (Å²) >= 11 is 5.91. The molecule has 6 nitrogen and oxygen atoms in total. The first-order valence-electron chi connectivity index (χ1n) is 5.89. The highest BCUT2D eigenvalue weighted by molar-refractivity contribution is 6.28. The fourth-order valence-electron chi connectivity index (χ4n) is 2.14. The first-order chi connectivity index (χ1) is 8.66. The molecule has 0 radical (unpaired) electrons. The Hall–Kier alpha value is -1.40. The molecule has 0 amide bonds. The molecular weight excluding hydrogens is 254 g/mol. The Morgan fingerprint density at radius 1 is 1.39 bits per heavy atom. The SMILES string of the molecule is CC1(Nc2nc(Cl)nc3[nH]ncc23)CCOCC1. The molecule has 18 heavy (non-hydrogen) atoms. The molecule has 0 spiro atoms. The molecule has 7 heteroatoms. The van der Waals surface area contributed by atoms with Crippen molar-refractivity contribution in [1.29, 1.82) is 0 Å². The molecular formula is C11H14ClN5O. The summed E-state index contributed by atoms with van der Waals surface area (Å²) < 4.78 is 5.38. The summed E-state index contributed by atoms with van der Waals surface area (Å²) in [6, 6.07) is 0. The summed E-state index contributed by atoms with van der Waals surface area (Å²) in [6.07, 6.45) is 3.58. The molecule has 1 saturated heterocycles. The number of halogens is 1. The van der Waals surface area contributed by atoms with Crippen LogP contribution >= 0.6 is 11.6 Å². The monoisotopic (exact) mass is 267 g/mol. The lowest BCUT2D eigenvalue weighted by molar-refractivity contribution is 0.0657. The number of aromatic amines is 1. The van der Waals surface area contributed by atoms with Gasteiger partial charge in [-0.05, 0) is 31.4 Å². The van der Waals surface area contributed by atoms with Gasteiger partial charge in [0.1, 0.15) is 5.82 Å². The van der Waals surface area contributed by atoms with Crippen LogP contribution in [-0.2, 0) is 4.74 Å². The van der Waals surface area contributed by atoms with Crippen LogP contribution in [0.2, 0.25) is 5.28 Å². The number of hydrogen-bond donors (Lipinski definition) is 2. The third kappa shape index (κ3) is 2.13. The highest BCUT2D eigenvalue weighted by Crippen LogP contribution is 2.28. The number of ether oxygens (including phenoxy) is 1. The Morgan fingerprint density at radius 2 is 2.17 bits per heavy atom. The number of anilines is 1. The number of rotatable bonds is 2. The van der Waals surface area contributed by atoms with Crippen molar-refractivity contribution in [2.24, 2.45) is 0 Å². The molecule has 0 bridgehead atoms. The minimum atomic E-state index is -0.0276. The largest absolute Gasteiger partial charge is 0.381 e. The maximum Gasteiger partial charge on any atom is 0.226 e. The predicted octanol–water partition coefficient (Wildman–Crippen LogP) is 1.99. The van der Waals surface area contributed by atoms with E-state index in [0.717, 1.165) is 37.3 Å². The Kier molecular flexibility index (Phi) is 2.83. The van der Waals surface area contributed by atoms with Crippen molar-refractivity contribution in [3.8, 4) is 0 Å². The summed E-state index contributed by atoms with van der Waals surface area (Å²) in [4.78, 5) is 8.34. The molecule has 0 atom stereocenters. The Labute approximate surface area is 109 Å². The van der Waals surface area contributed by atoms with Crippen molar-refractivity contribution < 1.29 is 4.74 Å². The average Bonchev–Trinajstić information content (AvgIpc) is 2.77. The van der Waals surface area contributed by atoms with Gasteiger partial charge in [-0.3, -0.25) is 5.10 Å². The molecule has 0 unspecified atom stereocenters. The molecule has 0 aromatic carbocycles. The molecule has 3 heterocycles. The van der Waals surface area contributed by atoms with E-state index in [4.69, 9.17) is 16.3 Å². The molecule has 0 aliphatic carbocycles. The van der Waals surface area contributed by atoms with Gasteiger partial charge < -0.3 is 10.1 Å². The zero-order chi connectivity index (χ0) is 12.6. The van der Waals surface area contributed by atoms with Gasteiger partial charge in [0, 0.05) is 18.8 Å². The van der Waals surface area contributed by atoms with E-state index >= 15 is 0 Å². The second kappa shape index (κ2) is 4.37. The van der Waals surface area contributed by atoms with Crippen LogP contribution in [0.1, 0.15) is 19.8 Å². The number of fused-ring (bicyclic) bond motifs is 1. The van der Waals surface area contributed by atoms with Crippen LogP contribution in [0.3, 0.4) is 0 Å². The van der Waals surface area contributed by atoms with Gasteiger partial charge >= 0.3 is 0 Å². The van der Waals surface area contributed by atoms with Gasteiger partial charge in [-0.2, -0.15) is 15.1 Å². The minimum absolute atomic E-state index is 0.0276. The smallest absolute Gasteiger partial charge is 0.226 e. The number of aromatic nitrogens is 4. The fraction of sp³-hybridized carbons (Fsp3) is 0.545. The number of nitrogens with one attached hydrogen (secondary N) is 2. The van der Waals surface area contributed by atoms with Gasteiger partial charge in [0.25, 0.3) is 0 Å². The first kappa shape index (κ1) is 11.7. The van der Waals surface area contributed by atoms with Crippen LogP contribution in [0.15, 0.2) is 6.20 Å². The normalized spacial score (nSPS) is 19.0. The summed E-state index contributed by atoms with van der Waals surface area (Å²) in [5.74, 6) is 0.725. The Morgan fingerprint density at radius 3 is 2.94 bits per heavy atom. The zero-order valence-corrected chi connectivity index (χ0v) is 10.8. The number of hydrogen-bond acceptors (Lipinski definition) is 5. The van der Waals surface area contributed by atoms with Crippen LogP contribution in [0.25, 0.3) is 11.0 Å². The van der Waals surface area contributed by atoms with Crippen LogP contribution in [0, 0.1) is 0 Å². The lowest BCUT2D eigenvalue weighted by Crippen LogP contribution is -2.40. The van der Waals surface area contributed by atoms with Gasteiger partial charge in [-0.25, -0.2) is 0 Å². The maximum atomic E-state index is 5.91. The Balaban J connectivity index is 1.96. The molecule has 96 valence electrons. The third-order valence-electron chi connectivity index (χ3n) is 3.30. The van der Waals surface area contributed by atoms with Crippen LogP contribution in [0.5, 0.6) is 0 Å². The molecule has 2 aromatic heterocycles. The third-order valence-corrected chi connectivity index (χ3v) is 3.47. The van der Waals surface area contributed by atoms with E-state index in [1.807, 2.05) is 0 Å². The maximum absolute atomic E-state index is 5.91. The van der Waals surface area contributed by atoms with Gasteiger partial charge in [0.2, 0.25) is 5.28 Å². The predicted molar refractivity (Wildman–Crippen MR) is 68.8 cm³/mol. The topological polar surface area (TPSA) is 75.7 Å². The van der Waals surface area contributed by atoms with Gasteiger partial charge in [-0.1, -0.05) is 0 Å². The van der Waals surface area contributed by atoms with Gasteiger partial charge in [0.05, 0.1) is 11.6 Å². The van der Waals surface area contributed by atoms with E-state index in [1.54, 1.807) is 6.20 Å². The second-order valence-corrected chi connectivity index (χ2v) is 5.11. The second-order valence-electron chi connectivity index (χ2n) is 4.77. The molecule has 1 aliphatic rings. The van der Waals surface area contributed by atoms with E-state index < -0.39 is 0 Å². The van der Waals surface area contributed by atoms with E-state index in [9.17, 15) is 0 Å². The van der Waals surface area contributed by atoms with Gasteiger partial charge in [0.15, 0.2) is 5.65 Å². The zero-order valence-electron chi connectivity index (χ0n) is 10.0. The lowest BCUT2D eigenvalue weighted by Gasteiger charge is -2.35. The molecule has 1 fully saturated rings. The lowest BCUT2D eigenvalue weighted by atomic mass is 9.92. The molecule has 2 N–H and O–H groups in total. The van der Waals surface area contributed by atoms with Crippen molar-refractivity contribution in [1.82, 2.24) is 20.2 Å². The van der Waals surface area contributed by atoms with Crippen molar-refractivity contribution in [2.75, 3.05) is 18.5 Å². The number of nitrogens with zero attached hydrogens (tertiary/aromatic N) is 3. The standard InChI is InChI=1S/C11H14ClN5O/c1-11(2-4-18-5-3-11)16-8-7-6-13-17-9(7)15-10(12)14-8/h6H,2-5H2,1H3,(H2,13,14,15,16,17). The minimum Gasteiger partial charge on any atom is -0.381 e. The molecule has 1 aliphatic heterocycles. The van der Waals surface area contributed by atoms with Crippen molar-refractivity contribution in [3.05, 3.63) is 11.5 Å². The summed E-state index contributed by atoms with van der Waals surface area (Å²) in [6.45, 7) is 3.69. The van der Waals surface area contributed by atoms with Crippen LogP contribution < -0.4 is 5.32 Å². The summed E-state index contributed by atoms with van der Waals surface area (Å²) in [7, 11) is 0. The van der Waals surface area contributed by atoms with E-state index in [2.05, 4.69) is 32.4 Å². The summed E-state index contributed by atoms with van der Waals surface area (Å²) in [5, 5.41) is 11.3. The quantitative estimate of drug-likeness (QED) is 0.814. The Bertz CT molecular complexity index is 564.